The molecule has 130 valence electrons. The summed E-state index contributed by atoms with van der Waals surface area (Å²) in [7, 11) is 0. The van der Waals surface area contributed by atoms with Crippen molar-refractivity contribution in [3.63, 3.8) is 0 Å². The quantitative estimate of drug-likeness (QED) is 0.887. The number of fused-ring (bicyclic) bond motifs is 1. The standard InChI is InChI=1S/C18H26N4O2/c23-17-11-14-3-1-4-15(14)20-22(17)12-13-6-9-21(10-7-13)16-5-2-8-19-18(16)24/h11,13,16H,1-10,12H2,(H,19,24). The number of amides is 1. The van der Waals surface area contributed by atoms with Crippen molar-refractivity contribution in [1.82, 2.24) is 20.0 Å². The van der Waals surface area contributed by atoms with E-state index in [0.29, 0.717) is 5.92 Å². The van der Waals surface area contributed by atoms with Gasteiger partial charge in [-0.1, -0.05) is 0 Å². The number of likely N-dealkylation sites (tertiary alicyclic amines) is 1. The Morgan fingerprint density at radius 1 is 1.12 bits per heavy atom. The highest BCUT2D eigenvalue weighted by molar-refractivity contribution is 5.82. The Morgan fingerprint density at radius 2 is 1.96 bits per heavy atom. The van der Waals surface area contributed by atoms with Crippen LogP contribution in [0, 0.1) is 5.92 Å². The summed E-state index contributed by atoms with van der Waals surface area (Å²) in [4.78, 5) is 26.6. The summed E-state index contributed by atoms with van der Waals surface area (Å²) >= 11 is 0. The third kappa shape index (κ3) is 3.11. The van der Waals surface area contributed by atoms with Crippen molar-refractivity contribution in [3.8, 4) is 0 Å². The van der Waals surface area contributed by atoms with E-state index in [1.165, 1.54) is 0 Å². The van der Waals surface area contributed by atoms with Gasteiger partial charge in [-0.3, -0.25) is 14.5 Å². The van der Waals surface area contributed by atoms with E-state index < -0.39 is 0 Å². The van der Waals surface area contributed by atoms with E-state index in [4.69, 9.17) is 0 Å². The summed E-state index contributed by atoms with van der Waals surface area (Å²) in [6.07, 6.45) is 7.25. The summed E-state index contributed by atoms with van der Waals surface area (Å²) < 4.78 is 1.68. The summed E-state index contributed by atoms with van der Waals surface area (Å²) in [6.45, 7) is 3.43. The molecule has 1 amide bonds. The molecule has 3 aliphatic rings. The van der Waals surface area contributed by atoms with Gasteiger partial charge in [0.15, 0.2) is 0 Å². The molecule has 1 atom stereocenters. The minimum atomic E-state index is 0.0461. The number of carbonyl (C=O) groups is 1. The average Bonchev–Trinajstić information content (AvgIpc) is 3.03. The lowest BCUT2D eigenvalue weighted by Crippen LogP contribution is -2.52. The van der Waals surface area contributed by atoms with Crippen LogP contribution in [0.25, 0.3) is 0 Å². The molecular formula is C18H26N4O2. The second-order valence-electron chi connectivity index (χ2n) is 7.42. The first kappa shape index (κ1) is 15.8. The van der Waals surface area contributed by atoms with Crippen molar-refractivity contribution in [1.29, 1.82) is 0 Å². The van der Waals surface area contributed by atoms with Crippen LogP contribution in [-0.2, 0) is 24.2 Å². The Bertz CT molecular complexity index is 676. The zero-order chi connectivity index (χ0) is 16.5. The number of nitrogens with zero attached hydrogens (tertiary/aromatic N) is 3. The fourth-order valence-corrected chi connectivity index (χ4v) is 4.37. The van der Waals surface area contributed by atoms with E-state index in [1.54, 1.807) is 10.7 Å². The van der Waals surface area contributed by atoms with Crippen molar-refractivity contribution < 1.29 is 4.79 Å². The molecule has 2 fully saturated rings. The van der Waals surface area contributed by atoms with Gasteiger partial charge in [-0.15, -0.1) is 0 Å². The van der Waals surface area contributed by atoms with E-state index in [0.717, 1.165) is 82.4 Å². The number of rotatable bonds is 3. The molecule has 0 saturated carbocycles. The zero-order valence-electron chi connectivity index (χ0n) is 14.2. The molecule has 24 heavy (non-hydrogen) atoms. The molecule has 0 bridgehead atoms. The van der Waals surface area contributed by atoms with Crippen molar-refractivity contribution in [3.05, 3.63) is 27.7 Å². The Balaban J connectivity index is 1.37. The monoisotopic (exact) mass is 330 g/mol. The first-order valence-electron chi connectivity index (χ1n) is 9.32. The van der Waals surface area contributed by atoms with Gasteiger partial charge >= 0.3 is 0 Å². The van der Waals surface area contributed by atoms with Gasteiger partial charge in [0.1, 0.15) is 0 Å². The zero-order valence-corrected chi connectivity index (χ0v) is 14.2. The molecule has 2 aliphatic heterocycles. The molecule has 0 radical (unpaired) electrons. The maximum absolute atomic E-state index is 12.2. The molecule has 1 N–H and O–H groups in total. The second-order valence-corrected chi connectivity index (χ2v) is 7.42. The summed E-state index contributed by atoms with van der Waals surface area (Å²) in [5, 5.41) is 7.57. The first-order valence-corrected chi connectivity index (χ1v) is 9.32. The molecule has 1 unspecified atom stereocenters. The van der Waals surface area contributed by atoms with Crippen molar-refractivity contribution in [2.45, 2.75) is 57.5 Å². The molecule has 4 rings (SSSR count). The maximum Gasteiger partial charge on any atom is 0.267 e. The topological polar surface area (TPSA) is 67.2 Å². The van der Waals surface area contributed by atoms with Crippen LogP contribution >= 0.6 is 0 Å². The van der Waals surface area contributed by atoms with Crippen molar-refractivity contribution >= 4 is 5.91 Å². The van der Waals surface area contributed by atoms with Crippen LogP contribution in [-0.4, -0.2) is 46.3 Å². The number of aromatic nitrogens is 2. The molecule has 1 aliphatic carbocycles. The third-order valence-electron chi connectivity index (χ3n) is 5.80. The number of carbonyl (C=O) groups excluding carboxylic acids is 1. The Labute approximate surface area is 142 Å². The summed E-state index contributed by atoms with van der Waals surface area (Å²) in [6, 6.07) is 1.84. The molecule has 0 aromatic carbocycles. The highest BCUT2D eigenvalue weighted by Crippen LogP contribution is 2.23. The number of piperidine rings is 2. The fraction of sp³-hybridized carbons (Fsp3) is 0.722. The van der Waals surface area contributed by atoms with Crippen molar-refractivity contribution in [2.75, 3.05) is 19.6 Å². The summed E-state index contributed by atoms with van der Waals surface area (Å²) in [5.74, 6) is 0.675. The molecule has 6 heteroatoms. The van der Waals surface area contributed by atoms with Crippen LogP contribution < -0.4 is 10.9 Å². The van der Waals surface area contributed by atoms with Crippen LogP contribution in [0.1, 0.15) is 43.4 Å². The van der Waals surface area contributed by atoms with Gasteiger partial charge < -0.3 is 5.32 Å². The number of aryl methyl sites for hydroxylation is 2. The molecule has 2 saturated heterocycles. The number of hydrogen-bond donors (Lipinski definition) is 1. The largest absolute Gasteiger partial charge is 0.355 e. The fourth-order valence-electron chi connectivity index (χ4n) is 4.37. The third-order valence-corrected chi connectivity index (χ3v) is 5.80. The predicted octanol–water partition coefficient (Wildman–Crippen LogP) is 0.723. The van der Waals surface area contributed by atoms with Gasteiger partial charge in [0.25, 0.3) is 5.56 Å². The minimum Gasteiger partial charge on any atom is -0.355 e. The van der Waals surface area contributed by atoms with E-state index in [9.17, 15) is 9.59 Å². The number of nitrogens with one attached hydrogen (secondary N) is 1. The smallest absolute Gasteiger partial charge is 0.267 e. The van der Waals surface area contributed by atoms with Crippen LogP contribution in [0.3, 0.4) is 0 Å². The van der Waals surface area contributed by atoms with Gasteiger partial charge in [-0.25, -0.2) is 4.68 Å². The molecule has 3 heterocycles. The van der Waals surface area contributed by atoms with Crippen LogP contribution in [0.15, 0.2) is 10.9 Å². The lowest BCUT2D eigenvalue weighted by Gasteiger charge is -2.38. The molecule has 1 aromatic rings. The van der Waals surface area contributed by atoms with Gasteiger partial charge in [0.05, 0.1) is 11.7 Å². The van der Waals surface area contributed by atoms with E-state index >= 15 is 0 Å². The average molecular weight is 330 g/mol. The van der Waals surface area contributed by atoms with E-state index in [2.05, 4.69) is 15.3 Å². The van der Waals surface area contributed by atoms with Crippen LogP contribution in [0.2, 0.25) is 0 Å². The SMILES string of the molecule is O=C1NCCCC1N1CCC(Cn2nc3c(cc2=O)CCC3)CC1. The second kappa shape index (κ2) is 6.67. The van der Waals surface area contributed by atoms with Gasteiger partial charge in [0, 0.05) is 19.2 Å². The van der Waals surface area contributed by atoms with Crippen LogP contribution in [0.4, 0.5) is 0 Å². The lowest BCUT2D eigenvalue weighted by atomic mass is 9.94. The van der Waals surface area contributed by atoms with Gasteiger partial charge in [0.2, 0.25) is 5.91 Å². The van der Waals surface area contributed by atoms with Gasteiger partial charge in [-0.05, 0) is 69.5 Å². The highest BCUT2D eigenvalue weighted by Gasteiger charge is 2.31. The minimum absolute atomic E-state index is 0.0461. The van der Waals surface area contributed by atoms with Crippen LogP contribution in [0.5, 0.6) is 0 Å². The Kier molecular flexibility index (Phi) is 4.39. The normalized spacial score (nSPS) is 25.5. The summed E-state index contributed by atoms with van der Waals surface area (Å²) in [5.41, 5.74) is 2.31. The Morgan fingerprint density at radius 3 is 2.75 bits per heavy atom. The predicted molar refractivity (Wildman–Crippen MR) is 90.9 cm³/mol. The van der Waals surface area contributed by atoms with E-state index in [1.807, 2.05) is 0 Å². The molecule has 6 nitrogen and oxygen atoms in total. The van der Waals surface area contributed by atoms with E-state index in [-0.39, 0.29) is 17.5 Å². The molecule has 1 aromatic heterocycles. The molecule has 0 spiro atoms. The maximum atomic E-state index is 12.2. The number of hydrogen-bond acceptors (Lipinski definition) is 4. The Hall–Kier alpha value is -1.69. The lowest BCUT2D eigenvalue weighted by molar-refractivity contribution is -0.128. The molecular weight excluding hydrogens is 304 g/mol. The van der Waals surface area contributed by atoms with Gasteiger partial charge in [-0.2, -0.15) is 5.10 Å². The first-order chi connectivity index (χ1) is 11.7. The highest BCUT2D eigenvalue weighted by atomic mass is 16.2. The van der Waals surface area contributed by atoms with Crippen molar-refractivity contribution in [2.24, 2.45) is 5.92 Å².